The number of aromatic nitrogens is 2. The van der Waals surface area contributed by atoms with E-state index >= 15 is 0 Å². The molecule has 4 heteroatoms. The minimum absolute atomic E-state index is 0.527. The number of hydrogen-bond donors (Lipinski definition) is 1. The van der Waals surface area contributed by atoms with E-state index in [4.69, 9.17) is 0 Å². The number of anilines is 2. The predicted octanol–water partition coefficient (Wildman–Crippen LogP) is 3.66. The fraction of sp³-hybridized carbons (Fsp3) is 0.312. The Labute approximate surface area is 119 Å². The zero-order chi connectivity index (χ0) is 14.5. The molecule has 2 aromatic rings. The summed E-state index contributed by atoms with van der Waals surface area (Å²) in [5.74, 6) is 0.527. The highest BCUT2D eigenvalue weighted by molar-refractivity contribution is 5.66. The van der Waals surface area contributed by atoms with Gasteiger partial charge in [-0.15, -0.1) is 5.10 Å². The van der Waals surface area contributed by atoms with Gasteiger partial charge >= 0.3 is 0 Å². The van der Waals surface area contributed by atoms with Crippen LogP contribution in [0.2, 0.25) is 0 Å². The summed E-state index contributed by atoms with van der Waals surface area (Å²) in [7, 11) is 0. The number of nitrogens with one attached hydrogen (secondary N) is 1. The maximum Gasteiger partial charge on any atom is 0.171 e. The quantitative estimate of drug-likeness (QED) is 0.917. The lowest BCUT2D eigenvalue weighted by molar-refractivity contribution is 0.920. The lowest BCUT2D eigenvalue weighted by Gasteiger charge is -2.12. The molecule has 20 heavy (non-hydrogen) atoms. The zero-order valence-corrected chi connectivity index (χ0v) is 12.1. The molecule has 0 aliphatic rings. The number of para-hydroxylation sites is 1. The predicted molar refractivity (Wildman–Crippen MR) is 79.9 cm³/mol. The van der Waals surface area contributed by atoms with Gasteiger partial charge in [0, 0.05) is 5.69 Å². The van der Waals surface area contributed by atoms with E-state index in [1.807, 2.05) is 32.0 Å². The molecule has 0 aliphatic heterocycles. The first-order valence-electron chi connectivity index (χ1n) is 6.76. The summed E-state index contributed by atoms with van der Waals surface area (Å²) >= 11 is 0. The summed E-state index contributed by atoms with van der Waals surface area (Å²) in [6.07, 6.45) is 2.06. The largest absolute Gasteiger partial charge is 0.337 e. The van der Waals surface area contributed by atoms with Crippen LogP contribution in [-0.2, 0) is 6.42 Å². The first-order valence-corrected chi connectivity index (χ1v) is 6.76. The Kier molecular flexibility index (Phi) is 4.31. The standard InChI is InChI=1S/C16H18N4/c1-4-7-13-8-5-6-9-15(13)18-16-14(10-17)11(2)12(3)19-20-16/h5-6,8-9H,4,7H2,1-3H3,(H,18,20). The minimum Gasteiger partial charge on any atom is -0.337 e. The number of hydrogen-bond acceptors (Lipinski definition) is 4. The van der Waals surface area contributed by atoms with Crippen LogP contribution >= 0.6 is 0 Å². The topological polar surface area (TPSA) is 61.6 Å². The molecule has 0 radical (unpaired) electrons. The molecule has 0 aliphatic carbocycles. The monoisotopic (exact) mass is 266 g/mol. The maximum absolute atomic E-state index is 9.32. The van der Waals surface area contributed by atoms with E-state index in [1.165, 1.54) is 5.56 Å². The van der Waals surface area contributed by atoms with Crippen molar-refractivity contribution in [3.05, 3.63) is 46.6 Å². The average Bonchev–Trinajstić information content (AvgIpc) is 2.45. The fourth-order valence-corrected chi connectivity index (χ4v) is 2.09. The Morgan fingerprint density at radius 2 is 1.95 bits per heavy atom. The first kappa shape index (κ1) is 14.0. The molecule has 0 amide bonds. The lowest BCUT2D eigenvalue weighted by Crippen LogP contribution is -2.05. The van der Waals surface area contributed by atoms with Crippen LogP contribution in [0.1, 0.15) is 35.7 Å². The summed E-state index contributed by atoms with van der Waals surface area (Å²) < 4.78 is 0. The second kappa shape index (κ2) is 6.16. The van der Waals surface area contributed by atoms with E-state index in [0.29, 0.717) is 11.4 Å². The molecule has 0 unspecified atom stereocenters. The zero-order valence-electron chi connectivity index (χ0n) is 12.1. The van der Waals surface area contributed by atoms with Crippen LogP contribution in [0.15, 0.2) is 24.3 Å². The molecule has 0 spiro atoms. The number of aryl methyl sites for hydroxylation is 2. The van der Waals surface area contributed by atoms with Gasteiger partial charge in [-0.25, -0.2) is 0 Å². The highest BCUT2D eigenvalue weighted by atomic mass is 15.2. The van der Waals surface area contributed by atoms with Crippen molar-refractivity contribution in [1.82, 2.24) is 10.2 Å². The van der Waals surface area contributed by atoms with Crippen LogP contribution in [0.4, 0.5) is 11.5 Å². The maximum atomic E-state index is 9.32. The Morgan fingerprint density at radius 3 is 2.65 bits per heavy atom. The van der Waals surface area contributed by atoms with Crippen LogP contribution in [0.25, 0.3) is 0 Å². The van der Waals surface area contributed by atoms with Crippen molar-refractivity contribution in [3.63, 3.8) is 0 Å². The molecule has 1 N–H and O–H groups in total. The van der Waals surface area contributed by atoms with Crippen molar-refractivity contribution in [2.45, 2.75) is 33.6 Å². The third kappa shape index (κ3) is 2.77. The normalized spacial score (nSPS) is 10.1. The molecular weight excluding hydrogens is 248 g/mol. The molecule has 102 valence electrons. The average molecular weight is 266 g/mol. The Hall–Kier alpha value is -2.41. The number of rotatable bonds is 4. The van der Waals surface area contributed by atoms with Crippen LogP contribution < -0.4 is 5.32 Å². The number of nitriles is 1. The molecule has 1 heterocycles. The van der Waals surface area contributed by atoms with Gasteiger partial charge in [0.15, 0.2) is 5.82 Å². The summed E-state index contributed by atoms with van der Waals surface area (Å²) in [6, 6.07) is 10.3. The van der Waals surface area contributed by atoms with E-state index in [9.17, 15) is 5.26 Å². The Balaban J connectivity index is 2.41. The van der Waals surface area contributed by atoms with Crippen molar-refractivity contribution in [1.29, 1.82) is 5.26 Å². The smallest absolute Gasteiger partial charge is 0.171 e. The van der Waals surface area contributed by atoms with Gasteiger partial charge in [-0.3, -0.25) is 0 Å². The van der Waals surface area contributed by atoms with Gasteiger partial charge in [0.05, 0.1) is 5.69 Å². The molecule has 2 rings (SSSR count). The molecule has 0 bridgehead atoms. The molecule has 0 saturated heterocycles. The summed E-state index contributed by atoms with van der Waals surface area (Å²) in [6.45, 7) is 5.90. The van der Waals surface area contributed by atoms with Gasteiger partial charge in [-0.05, 0) is 37.5 Å². The van der Waals surface area contributed by atoms with Gasteiger partial charge in [-0.2, -0.15) is 10.4 Å². The van der Waals surface area contributed by atoms with Crippen LogP contribution in [-0.4, -0.2) is 10.2 Å². The first-order chi connectivity index (χ1) is 9.67. The second-order valence-corrected chi connectivity index (χ2v) is 4.78. The summed E-state index contributed by atoms with van der Waals surface area (Å²) in [5, 5.41) is 20.8. The third-order valence-corrected chi connectivity index (χ3v) is 3.36. The van der Waals surface area contributed by atoms with Gasteiger partial charge in [-0.1, -0.05) is 31.5 Å². The summed E-state index contributed by atoms with van der Waals surface area (Å²) in [4.78, 5) is 0. The van der Waals surface area contributed by atoms with Gasteiger partial charge in [0.2, 0.25) is 0 Å². The molecule has 0 atom stereocenters. The summed E-state index contributed by atoms with van der Waals surface area (Å²) in [5.41, 5.74) is 4.43. The molecule has 1 aromatic carbocycles. The fourth-order valence-electron chi connectivity index (χ4n) is 2.09. The molecule has 0 fully saturated rings. The Morgan fingerprint density at radius 1 is 1.20 bits per heavy atom. The van der Waals surface area contributed by atoms with Crippen molar-refractivity contribution in [3.8, 4) is 6.07 Å². The molecule has 0 saturated carbocycles. The number of benzene rings is 1. The highest BCUT2D eigenvalue weighted by Gasteiger charge is 2.12. The van der Waals surface area contributed by atoms with Gasteiger partial charge in [0.1, 0.15) is 11.6 Å². The minimum atomic E-state index is 0.527. The molecule has 4 nitrogen and oxygen atoms in total. The van der Waals surface area contributed by atoms with E-state index < -0.39 is 0 Å². The highest BCUT2D eigenvalue weighted by Crippen LogP contribution is 2.24. The number of nitrogens with zero attached hydrogens (tertiary/aromatic N) is 3. The van der Waals surface area contributed by atoms with Crippen molar-refractivity contribution < 1.29 is 0 Å². The third-order valence-electron chi connectivity index (χ3n) is 3.36. The van der Waals surface area contributed by atoms with Crippen molar-refractivity contribution in [2.75, 3.05) is 5.32 Å². The van der Waals surface area contributed by atoms with Crippen LogP contribution in [0.3, 0.4) is 0 Å². The second-order valence-electron chi connectivity index (χ2n) is 4.78. The van der Waals surface area contributed by atoms with Crippen molar-refractivity contribution >= 4 is 11.5 Å². The van der Waals surface area contributed by atoms with E-state index in [1.54, 1.807) is 0 Å². The Bertz CT molecular complexity index is 656. The van der Waals surface area contributed by atoms with E-state index in [0.717, 1.165) is 29.8 Å². The van der Waals surface area contributed by atoms with Crippen molar-refractivity contribution in [2.24, 2.45) is 0 Å². The lowest BCUT2D eigenvalue weighted by atomic mass is 10.1. The molecule has 1 aromatic heterocycles. The van der Waals surface area contributed by atoms with E-state index in [2.05, 4.69) is 34.6 Å². The van der Waals surface area contributed by atoms with E-state index in [-0.39, 0.29) is 0 Å². The SMILES string of the molecule is CCCc1ccccc1Nc1nnc(C)c(C)c1C#N. The van der Waals surface area contributed by atoms with Gasteiger partial charge < -0.3 is 5.32 Å². The molecular formula is C16H18N4. The van der Waals surface area contributed by atoms with Crippen LogP contribution in [0, 0.1) is 25.2 Å². The van der Waals surface area contributed by atoms with Gasteiger partial charge in [0.25, 0.3) is 0 Å². The van der Waals surface area contributed by atoms with Crippen LogP contribution in [0.5, 0.6) is 0 Å².